The smallest absolute Gasteiger partial charge is 0.423 e. The maximum absolute atomic E-state index is 11.4. The van der Waals surface area contributed by atoms with E-state index in [-0.39, 0.29) is 0 Å². The second kappa shape index (κ2) is 2.78. The zero-order chi connectivity index (χ0) is 11.4. The van der Waals surface area contributed by atoms with Gasteiger partial charge in [0.15, 0.2) is 11.2 Å². The number of carbonyl (C=O) groups excluding carboxylic acids is 1. The van der Waals surface area contributed by atoms with E-state index >= 15 is 0 Å². The van der Waals surface area contributed by atoms with Gasteiger partial charge in [-0.15, -0.1) is 0 Å². The zero-order valence-electron chi connectivity index (χ0n) is 9.45. The van der Waals surface area contributed by atoms with Crippen LogP contribution in [0.5, 0.6) is 0 Å². The van der Waals surface area contributed by atoms with E-state index in [9.17, 15) is 4.79 Å². The molecule has 0 bridgehead atoms. The third-order valence-corrected chi connectivity index (χ3v) is 4.01. The predicted molar refractivity (Wildman–Crippen MR) is 58.1 cm³/mol. The first-order chi connectivity index (χ1) is 7.55. The lowest BCUT2D eigenvalue weighted by Gasteiger charge is -2.40. The number of ether oxygens (including phenoxy) is 2. The second-order valence-corrected chi connectivity index (χ2v) is 4.88. The lowest BCUT2D eigenvalue weighted by Crippen LogP contribution is -2.48. The lowest BCUT2D eigenvalue weighted by molar-refractivity contribution is -0.0415. The van der Waals surface area contributed by atoms with Crippen LogP contribution >= 0.6 is 0 Å². The molecule has 1 fully saturated rings. The average Bonchev–Trinajstić information content (AvgIpc) is 2.49. The minimum absolute atomic E-state index is 0.529. The minimum Gasteiger partial charge on any atom is -0.423 e. The van der Waals surface area contributed by atoms with Crippen LogP contribution in [0.2, 0.25) is 0 Å². The summed E-state index contributed by atoms with van der Waals surface area (Å²) in [5, 5.41) is 0. The van der Waals surface area contributed by atoms with Crippen molar-refractivity contribution in [1.82, 2.24) is 0 Å². The molecule has 1 aliphatic heterocycles. The molecule has 0 N–H and O–H groups in total. The molecule has 1 aliphatic carbocycles. The van der Waals surface area contributed by atoms with Gasteiger partial charge >= 0.3 is 6.16 Å². The van der Waals surface area contributed by atoms with Crippen molar-refractivity contribution in [1.29, 1.82) is 0 Å². The Morgan fingerprint density at radius 3 is 2.75 bits per heavy atom. The van der Waals surface area contributed by atoms with E-state index in [0.717, 1.165) is 18.4 Å². The van der Waals surface area contributed by atoms with Crippen LogP contribution in [-0.2, 0) is 21.5 Å². The quantitative estimate of drug-likeness (QED) is 0.628. The number of carbonyl (C=O) groups is 1. The van der Waals surface area contributed by atoms with Gasteiger partial charge in [0, 0.05) is 5.56 Å². The summed E-state index contributed by atoms with van der Waals surface area (Å²) in [6.07, 6.45) is 1.19. The van der Waals surface area contributed by atoms with E-state index < -0.39 is 17.4 Å². The predicted octanol–water partition coefficient (Wildman–Crippen LogP) is 2.77. The maximum Gasteiger partial charge on any atom is 0.510 e. The number of rotatable bonds is 0. The van der Waals surface area contributed by atoms with Gasteiger partial charge in [0.25, 0.3) is 0 Å². The second-order valence-electron chi connectivity index (χ2n) is 4.88. The molecular weight excluding hydrogens is 204 g/mol. The Morgan fingerprint density at radius 2 is 1.94 bits per heavy atom. The van der Waals surface area contributed by atoms with Gasteiger partial charge in [-0.05, 0) is 32.3 Å². The Bertz CT molecular complexity index is 468. The van der Waals surface area contributed by atoms with Crippen LogP contribution in [0.15, 0.2) is 24.3 Å². The molecule has 16 heavy (non-hydrogen) atoms. The standard InChI is InChI=1S/C13H14O3/c1-12-8-7-9-5-3-4-6-10(9)13(12,2)16-11(14)15-12/h3-6H,7-8H2,1-2H3/t12-,13-/m1/s1. The molecule has 2 atom stereocenters. The van der Waals surface area contributed by atoms with Crippen LogP contribution in [0.1, 0.15) is 31.4 Å². The van der Waals surface area contributed by atoms with E-state index in [0.29, 0.717) is 0 Å². The summed E-state index contributed by atoms with van der Waals surface area (Å²) < 4.78 is 10.8. The molecule has 1 aromatic rings. The summed E-state index contributed by atoms with van der Waals surface area (Å²) >= 11 is 0. The maximum atomic E-state index is 11.4. The monoisotopic (exact) mass is 218 g/mol. The third kappa shape index (κ3) is 1.01. The Hall–Kier alpha value is -1.51. The molecule has 3 nitrogen and oxygen atoms in total. The Morgan fingerprint density at radius 1 is 1.19 bits per heavy atom. The van der Waals surface area contributed by atoms with Crippen molar-refractivity contribution >= 4 is 6.16 Å². The largest absolute Gasteiger partial charge is 0.510 e. The molecule has 1 heterocycles. The number of fused-ring (bicyclic) bond motifs is 3. The first kappa shape index (κ1) is 9.70. The molecular formula is C13H14O3. The normalized spacial score (nSPS) is 36.0. The third-order valence-electron chi connectivity index (χ3n) is 4.01. The molecule has 84 valence electrons. The van der Waals surface area contributed by atoms with Crippen molar-refractivity contribution in [3.63, 3.8) is 0 Å². The van der Waals surface area contributed by atoms with E-state index in [4.69, 9.17) is 9.47 Å². The topological polar surface area (TPSA) is 35.5 Å². The Kier molecular flexibility index (Phi) is 1.69. The van der Waals surface area contributed by atoms with Gasteiger partial charge in [0.1, 0.15) is 0 Å². The molecule has 2 aliphatic rings. The fourth-order valence-corrected chi connectivity index (χ4v) is 2.78. The van der Waals surface area contributed by atoms with Crippen LogP contribution in [-0.4, -0.2) is 11.8 Å². The van der Waals surface area contributed by atoms with Crippen LogP contribution in [0.25, 0.3) is 0 Å². The molecule has 0 saturated carbocycles. The van der Waals surface area contributed by atoms with Crippen LogP contribution in [0, 0.1) is 0 Å². The summed E-state index contributed by atoms with van der Waals surface area (Å²) in [6.45, 7) is 3.89. The SMILES string of the molecule is C[C@@]12CCc3ccccc3[C@@]1(C)OC(=O)O2. The number of aryl methyl sites for hydroxylation is 1. The van der Waals surface area contributed by atoms with Gasteiger partial charge in [-0.25, -0.2) is 4.79 Å². The van der Waals surface area contributed by atoms with Gasteiger partial charge in [-0.2, -0.15) is 0 Å². The van der Waals surface area contributed by atoms with Crippen molar-refractivity contribution in [2.75, 3.05) is 0 Å². The molecule has 0 aromatic heterocycles. The Balaban J connectivity index is 2.21. The molecule has 0 amide bonds. The van der Waals surface area contributed by atoms with E-state index in [2.05, 4.69) is 6.07 Å². The van der Waals surface area contributed by atoms with Gasteiger partial charge in [-0.1, -0.05) is 24.3 Å². The number of hydrogen-bond acceptors (Lipinski definition) is 3. The van der Waals surface area contributed by atoms with E-state index in [1.165, 1.54) is 5.56 Å². The minimum atomic E-state index is -0.640. The highest BCUT2D eigenvalue weighted by atomic mass is 16.8. The molecule has 0 radical (unpaired) electrons. The molecule has 1 saturated heterocycles. The number of benzene rings is 1. The zero-order valence-corrected chi connectivity index (χ0v) is 9.45. The van der Waals surface area contributed by atoms with Crippen LogP contribution in [0.3, 0.4) is 0 Å². The lowest BCUT2D eigenvalue weighted by atomic mass is 9.70. The average molecular weight is 218 g/mol. The highest BCUT2D eigenvalue weighted by Gasteiger charge is 2.60. The Labute approximate surface area is 94.4 Å². The van der Waals surface area contributed by atoms with Gasteiger partial charge in [0.05, 0.1) is 0 Å². The summed E-state index contributed by atoms with van der Waals surface area (Å²) in [6, 6.07) is 8.10. The van der Waals surface area contributed by atoms with Crippen molar-refractivity contribution < 1.29 is 14.3 Å². The molecule has 0 spiro atoms. The van der Waals surface area contributed by atoms with Gasteiger partial charge in [0.2, 0.25) is 0 Å². The fraction of sp³-hybridized carbons (Fsp3) is 0.462. The van der Waals surface area contributed by atoms with Crippen molar-refractivity contribution in [2.24, 2.45) is 0 Å². The molecule has 3 rings (SSSR count). The van der Waals surface area contributed by atoms with Crippen LogP contribution in [0.4, 0.5) is 4.79 Å². The van der Waals surface area contributed by atoms with Crippen LogP contribution < -0.4 is 0 Å². The summed E-state index contributed by atoms with van der Waals surface area (Å²) in [7, 11) is 0. The van der Waals surface area contributed by atoms with Gasteiger partial charge in [-0.3, -0.25) is 0 Å². The molecule has 0 unspecified atom stereocenters. The van der Waals surface area contributed by atoms with Crippen molar-refractivity contribution in [2.45, 2.75) is 37.9 Å². The highest BCUT2D eigenvalue weighted by molar-refractivity contribution is 5.66. The summed E-state index contributed by atoms with van der Waals surface area (Å²) in [5.74, 6) is 0. The summed E-state index contributed by atoms with van der Waals surface area (Å²) in [5.41, 5.74) is 1.16. The van der Waals surface area contributed by atoms with E-state index in [1.807, 2.05) is 32.0 Å². The molecule has 3 heteroatoms. The first-order valence-corrected chi connectivity index (χ1v) is 5.56. The fourth-order valence-electron chi connectivity index (χ4n) is 2.78. The highest BCUT2D eigenvalue weighted by Crippen LogP contribution is 2.51. The van der Waals surface area contributed by atoms with Gasteiger partial charge < -0.3 is 9.47 Å². The first-order valence-electron chi connectivity index (χ1n) is 5.56. The summed E-state index contributed by atoms with van der Waals surface area (Å²) in [4.78, 5) is 11.4. The number of hydrogen-bond donors (Lipinski definition) is 0. The molecule has 1 aromatic carbocycles. The van der Waals surface area contributed by atoms with Crippen molar-refractivity contribution in [3.8, 4) is 0 Å². The van der Waals surface area contributed by atoms with E-state index in [1.54, 1.807) is 0 Å². The van der Waals surface area contributed by atoms with Crippen molar-refractivity contribution in [3.05, 3.63) is 35.4 Å².